The zero-order valence-electron chi connectivity index (χ0n) is 7.61. The van der Waals surface area contributed by atoms with Crippen molar-refractivity contribution in [1.82, 2.24) is 0 Å². The Kier molecular flexibility index (Phi) is 3.42. The molecule has 2 nitrogen and oxygen atoms in total. The van der Waals surface area contributed by atoms with Crippen LogP contribution in [0.15, 0.2) is 12.1 Å². The van der Waals surface area contributed by atoms with Gasteiger partial charge in [-0.05, 0) is 12.1 Å². The van der Waals surface area contributed by atoms with Gasteiger partial charge in [-0.3, -0.25) is 4.79 Å². The van der Waals surface area contributed by atoms with E-state index in [1.807, 2.05) is 0 Å². The lowest BCUT2D eigenvalue weighted by atomic mass is 10.1. The van der Waals surface area contributed by atoms with Gasteiger partial charge in [0.05, 0.1) is 17.0 Å². The number of rotatable bonds is 2. The minimum absolute atomic E-state index is 0.195. The van der Waals surface area contributed by atoms with Crippen molar-refractivity contribution in [2.45, 2.75) is 12.6 Å². The number of hydrogen-bond donors (Lipinski definition) is 1. The number of hydrogen-bond acceptors (Lipinski definition) is 1. The zero-order valence-corrected chi connectivity index (χ0v) is 8.36. The topological polar surface area (TPSA) is 37.3 Å². The van der Waals surface area contributed by atoms with E-state index in [1.54, 1.807) is 0 Å². The smallest absolute Gasteiger partial charge is 0.417 e. The van der Waals surface area contributed by atoms with Crippen LogP contribution in [0.1, 0.15) is 11.1 Å². The Labute approximate surface area is 92.4 Å². The molecule has 0 fully saturated rings. The summed E-state index contributed by atoms with van der Waals surface area (Å²) in [4.78, 5) is 10.3. The summed E-state index contributed by atoms with van der Waals surface area (Å²) < 4.78 is 49.9. The summed E-state index contributed by atoms with van der Waals surface area (Å²) in [6.45, 7) is 0. The molecule has 0 amide bonds. The van der Waals surface area contributed by atoms with Crippen molar-refractivity contribution in [3.05, 3.63) is 34.1 Å². The Balaban J connectivity index is 3.22. The molecule has 88 valence electrons. The van der Waals surface area contributed by atoms with Crippen LogP contribution in [0.5, 0.6) is 0 Å². The van der Waals surface area contributed by atoms with Gasteiger partial charge in [-0.15, -0.1) is 0 Å². The predicted molar refractivity (Wildman–Crippen MR) is 47.8 cm³/mol. The van der Waals surface area contributed by atoms with Gasteiger partial charge in [0.15, 0.2) is 0 Å². The molecular weight excluding hydrogens is 252 g/mol. The standard InChI is InChI=1S/C9H5ClF4O2/c10-6-1-4(2-8(15)16)7(11)3-5(6)9(12,13)14/h1,3H,2H2,(H,15,16). The van der Waals surface area contributed by atoms with Gasteiger partial charge >= 0.3 is 12.1 Å². The second kappa shape index (κ2) is 4.29. The van der Waals surface area contributed by atoms with Gasteiger partial charge in [0, 0.05) is 5.56 Å². The van der Waals surface area contributed by atoms with Crippen LogP contribution >= 0.6 is 11.6 Å². The molecule has 0 atom stereocenters. The lowest BCUT2D eigenvalue weighted by Gasteiger charge is -2.10. The highest BCUT2D eigenvalue weighted by atomic mass is 35.5. The molecule has 0 aromatic heterocycles. The van der Waals surface area contributed by atoms with E-state index in [0.717, 1.165) is 0 Å². The molecule has 1 rings (SSSR count). The second-order valence-electron chi connectivity index (χ2n) is 2.99. The Morgan fingerprint density at radius 3 is 2.38 bits per heavy atom. The average Bonchev–Trinajstić information content (AvgIpc) is 2.07. The maximum atomic E-state index is 13.1. The van der Waals surface area contributed by atoms with Gasteiger partial charge in [-0.25, -0.2) is 4.39 Å². The van der Waals surface area contributed by atoms with Crippen LogP contribution in [-0.2, 0) is 17.4 Å². The van der Waals surface area contributed by atoms with E-state index in [9.17, 15) is 22.4 Å². The first-order valence-electron chi connectivity index (χ1n) is 3.98. The lowest BCUT2D eigenvalue weighted by Crippen LogP contribution is -2.09. The van der Waals surface area contributed by atoms with Crippen LogP contribution in [0.3, 0.4) is 0 Å². The summed E-state index contributed by atoms with van der Waals surface area (Å²) >= 11 is 5.29. The predicted octanol–water partition coefficient (Wildman–Crippen LogP) is 3.13. The molecule has 0 saturated heterocycles. The summed E-state index contributed by atoms with van der Waals surface area (Å²) in [5, 5.41) is 7.66. The molecule has 1 aromatic carbocycles. The van der Waals surface area contributed by atoms with Gasteiger partial charge < -0.3 is 5.11 Å². The fourth-order valence-corrected chi connectivity index (χ4v) is 1.40. The fraction of sp³-hybridized carbons (Fsp3) is 0.222. The Bertz CT molecular complexity index is 428. The van der Waals surface area contributed by atoms with Crippen LogP contribution in [0.4, 0.5) is 17.6 Å². The van der Waals surface area contributed by atoms with Crippen molar-refractivity contribution in [1.29, 1.82) is 0 Å². The summed E-state index contributed by atoms with van der Waals surface area (Å²) in [6, 6.07) is 0.869. The van der Waals surface area contributed by atoms with Crippen molar-refractivity contribution in [2.24, 2.45) is 0 Å². The highest BCUT2D eigenvalue weighted by molar-refractivity contribution is 6.31. The number of carbonyl (C=O) groups is 1. The number of alkyl halides is 3. The van der Waals surface area contributed by atoms with Crippen molar-refractivity contribution < 1.29 is 27.5 Å². The highest BCUT2D eigenvalue weighted by Gasteiger charge is 2.34. The molecule has 1 N–H and O–H groups in total. The van der Waals surface area contributed by atoms with Gasteiger partial charge in [0.25, 0.3) is 0 Å². The first-order chi connectivity index (χ1) is 7.21. The molecule has 0 aliphatic carbocycles. The van der Waals surface area contributed by atoms with Crippen LogP contribution in [0.2, 0.25) is 5.02 Å². The number of aliphatic carboxylic acids is 1. The van der Waals surface area contributed by atoms with Crippen molar-refractivity contribution >= 4 is 17.6 Å². The number of carboxylic acid groups (broad SMARTS) is 1. The number of carboxylic acids is 1. The first-order valence-corrected chi connectivity index (χ1v) is 4.36. The highest BCUT2D eigenvalue weighted by Crippen LogP contribution is 2.36. The largest absolute Gasteiger partial charge is 0.481 e. The quantitative estimate of drug-likeness (QED) is 0.826. The zero-order chi connectivity index (χ0) is 12.5. The maximum Gasteiger partial charge on any atom is 0.417 e. The van der Waals surface area contributed by atoms with Crippen LogP contribution in [0, 0.1) is 5.82 Å². The fourth-order valence-electron chi connectivity index (χ4n) is 1.10. The molecule has 16 heavy (non-hydrogen) atoms. The van der Waals surface area contributed by atoms with E-state index in [2.05, 4.69) is 0 Å². The summed E-state index contributed by atoms with van der Waals surface area (Å²) in [6.07, 6.45) is -5.48. The summed E-state index contributed by atoms with van der Waals surface area (Å²) in [5.74, 6) is -2.59. The molecule has 0 radical (unpaired) electrons. The second-order valence-corrected chi connectivity index (χ2v) is 3.40. The lowest BCUT2D eigenvalue weighted by molar-refractivity contribution is -0.137. The minimum atomic E-state index is -4.76. The third-order valence-corrected chi connectivity index (χ3v) is 2.10. The minimum Gasteiger partial charge on any atom is -0.481 e. The molecule has 1 aromatic rings. The van der Waals surface area contributed by atoms with Gasteiger partial charge in [-0.1, -0.05) is 11.6 Å². The third-order valence-electron chi connectivity index (χ3n) is 1.78. The summed E-state index contributed by atoms with van der Waals surface area (Å²) in [5.41, 5.74) is -1.70. The van der Waals surface area contributed by atoms with Crippen molar-refractivity contribution in [3.8, 4) is 0 Å². The first kappa shape index (κ1) is 12.8. The monoisotopic (exact) mass is 256 g/mol. The molecule has 0 aliphatic heterocycles. The van der Waals surface area contributed by atoms with Crippen molar-refractivity contribution in [3.63, 3.8) is 0 Å². The molecule has 0 bridgehead atoms. The summed E-state index contributed by atoms with van der Waals surface area (Å²) in [7, 11) is 0. The molecule has 0 aliphatic rings. The third kappa shape index (κ3) is 2.85. The van der Waals surface area contributed by atoms with Crippen LogP contribution in [-0.4, -0.2) is 11.1 Å². The van der Waals surface area contributed by atoms with E-state index in [0.29, 0.717) is 6.07 Å². The Morgan fingerprint density at radius 1 is 1.38 bits per heavy atom. The van der Waals surface area contributed by atoms with E-state index in [1.165, 1.54) is 0 Å². The molecule has 7 heteroatoms. The Hall–Kier alpha value is -1.30. The van der Waals surface area contributed by atoms with Crippen LogP contribution in [0.25, 0.3) is 0 Å². The van der Waals surface area contributed by atoms with E-state index in [-0.39, 0.29) is 11.6 Å². The van der Waals surface area contributed by atoms with E-state index >= 15 is 0 Å². The number of benzene rings is 1. The SMILES string of the molecule is O=C(O)Cc1cc(Cl)c(C(F)(F)F)cc1F. The molecule has 0 saturated carbocycles. The van der Waals surface area contributed by atoms with Gasteiger partial charge in [0.2, 0.25) is 0 Å². The van der Waals surface area contributed by atoms with E-state index in [4.69, 9.17) is 16.7 Å². The van der Waals surface area contributed by atoms with Gasteiger partial charge in [-0.2, -0.15) is 13.2 Å². The molecule has 0 spiro atoms. The normalized spacial score (nSPS) is 11.6. The average molecular weight is 257 g/mol. The molecule has 0 unspecified atom stereocenters. The maximum absolute atomic E-state index is 13.1. The van der Waals surface area contributed by atoms with Gasteiger partial charge in [0.1, 0.15) is 5.82 Å². The van der Waals surface area contributed by atoms with E-state index < -0.39 is 35.0 Å². The Morgan fingerprint density at radius 2 is 1.94 bits per heavy atom. The van der Waals surface area contributed by atoms with Crippen LogP contribution < -0.4 is 0 Å². The molecule has 0 heterocycles. The number of halogens is 5. The molecular formula is C9H5ClF4O2. The van der Waals surface area contributed by atoms with Crippen molar-refractivity contribution in [2.75, 3.05) is 0 Å².